The first-order valence-electron chi connectivity index (χ1n) is 6.48. The largest absolute Gasteiger partial charge is 0.417 e. The summed E-state index contributed by atoms with van der Waals surface area (Å²) >= 11 is 2.98. The Hall–Kier alpha value is -1.06. The maximum Gasteiger partial charge on any atom is 0.417 e. The van der Waals surface area contributed by atoms with Gasteiger partial charge in [-0.05, 0) is 22.0 Å². The number of hydrogen-bond donors (Lipinski definition) is 2. The number of hydrogen-bond acceptors (Lipinski definition) is 5. The first kappa shape index (κ1) is 16.3. The molecule has 2 rings (SSSR count). The summed E-state index contributed by atoms with van der Waals surface area (Å²) in [5.41, 5.74) is 4.63. The lowest BCUT2D eigenvalue weighted by molar-refractivity contribution is -0.138. The lowest BCUT2D eigenvalue weighted by atomic mass is 10.2. The molecule has 3 N–H and O–H groups in total. The van der Waals surface area contributed by atoms with Crippen molar-refractivity contribution in [3.63, 3.8) is 0 Å². The number of aromatic nitrogens is 1. The van der Waals surface area contributed by atoms with Crippen molar-refractivity contribution in [2.45, 2.75) is 6.18 Å². The highest BCUT2D eigenvalue weighted by atomic mass is 79.9. The van der Waals surface area contributed by atoms with Crippen LogP contribution in [-0.2, 0) is 10.9 Å². The van der Waals surface area contributed by atoms with E-state index in [2.05, 4.69) is 26.2 Å². The second kappa shape index (κ2) is 6.80. The number of anilines is 2. The Bertz CT molecular complexity index is 492. The van der Waals surface area contributed by atoms with Gasteiger partial charge in [-0.2, -0.15) is 13.2 Å². The fraction of sp³-hybridized carbons (Fsp3) is 0.583. The fourth-order valence-electron chi connectivity index (χ4n) is 1.98. The number of nitrogens with zero attached hydrogens (tertiary/aromatic N) is 2. The quantitative estimate of drug-likeness (QED) is 0.851. The first-order valence-corrected chi connectivity index (χ1v) is 7.27. The number of ether oxygens (including phenoxy) is 1. The van der Waals surface area contributed by atoms with Gasteiger partial charge in [0.25, 0.3) is 0 Å². The molecule has 118 valence electrons. The molecule has 1 aromatic rings. The molecule has 9 heteroatoms. The maximum absolute atomic E-state index is 13.1. The van der Waals surface area contributed by atoms with Crippen LogP contribution < -0.4 is 16.0 Å². The summed E-state index contributed by atoms with van der Waals surface area (Å²) in [6.45, 7) is 2.63. The third kappa shape index (κ3) is 3.98. The minimum Gasteiger partial charge on any atom is -0.378 e. The number of rotatable bonds is 4. The average molecular weight is 369 g/mol. The molecule has 0 radical (unpaired) electrons. The number of nitrogens with two attached hydrogens (primary N) is 1. The van der Waals surface area contributed by atoms with Gasteiger partial charge >= 0.3 is 6.18 Å². The summed E-state index contributed by atoms with van der Waals surface area (Å²) in [7, 11) is 0. The Morgan fingerprint density at radius 1 is 1.38 bits per heavy atom. The van der Waals surface area contributed by atoms with Crippen LogP contribution in [0.3, 0.4) is 0 Å². The molecule has 0 atom stereocenters. The van der Waals surface area contributed by atoms with E-state index < -0.39 is 11.7 Å². The summed E-state index contributed by atoms with van der Waals surface area (Å²) in [4.78, 5) is 6.04. The summed E-state index contributed by atoms with van der Waals surface area (Å²) in [6, 6.07) is 1.06. The molecule has 21 heavy (non-hydrogen) atoms. The van der Waals surface area contributed by atoms with Crippen molar-refractivity contribution in [2.75, 3.05) is 49.6 Å². The van der Waals surface area contributed by atoms with Gasteiger partial charge in [0.2, 0.25) is 0 Å². The standard InChI is InChI=1S/C12H16BrF3N4O/c13-10-8(12(14,15)16)7-9(19-11(10)18-2-1-17)20-3-5-21-6-4-20/h7H,1-6,17H2,(H,18,19). The predicted molar refractivity (Wildman–Crippen MR) is 77.5 cm³/mol. The SMILES string of the molecule is NCCNc1nc(N2CCOCC2)cc(C(F)(F)F)c1Br. The number of alkyl halides is 3. The summed E-state index contributed by atoms with van der Waals surface area (Å²) < 4.78 is 44.5. The summed E-state index contributed by atoms with van der Waals surface area (Å²) in [5, 5.41) is 2.81. The molecule has 1 aliphatic rings. The highest BCUT2D eigenvalue weighted by molar-refractivity contribution is 9.10. The van der Waals surface area contributed by atoms with Gasteiger partial charge in [0, 0.05) is 26.2 Å². The van der Waals surface area contributed by atoms with Crippen molar-refractivity contribution in [2.24, 2.45) is 5.73 Å². The fourth-order valence-corrected chi connectivity index (χ4v) is 2.55. The van der Waals surface area contributed by atoms with Crippen LogP contribution in [0.15, 0.2) is 10.5 Å². The molecule has 1 fully saturated rings. The molecular weight excluding hydrogens is 353 g/mol. The molecule has 0 amide bonds. The molecule has 0 unspecified atom stereocenters. The second-order valence-corrected chi connectivity index (χ2v) is 5.30. The molecule has 0 aliphatic carbocycles. The van der Waals surface area contributed by atoms with E-state index in [9.17, 15) is 13.2 Å². The molecule has 0 bridgehead atoms. The van der Waals surface area contributed by atoms with Crippen molar-refractivity contribution in [1.82, 2.24) is 4.98 Å². The lowest BCUT2D eigenvalue weighted by Gasteiger charge is -2.29. The Kier molecular flexibility index (Phi) is 5.28. The molecule has 1 aliphatic heterocycles. The second-order valence-electron chi connectivity index (χ2n) is 4.50. The van der Waals surface area contributed by atoms with E-state index >= 15 is 0 Å². The van der Waals surface area contributed by atoms with Crippen LogP contribution in [0, 0.1) is 0 Å². The van der Waals surface area contributed by atoms with Crippen LogP contribution in [0.1, 0.15) is 5.56 Å². The van der Waals surface area contributed by atoms with Crippen molar-refractivity contribution in [3.8, 4) is 0 Å². The topological polar surface area (TPSA) is 63.4 Å². The zero-order valence-electron chi connectivity index (χ0n) is 11.2. The maximum atomic E-state index is 13.1. The summed E-state index contributed by atoms with van der Waals surface area (Å²) in [6.07, 6.45) is -4.46. The van der Waals surface area contributed by atoms with Crippen LogP contribution >= 0.6 is 15.9 Å². The third-order valence-electron chi connectivity index (χ3n) is 3.02. The Balaban J connectivity index is 2.39. The van der Waals surface area contributed by atoms with Crippen LogP contribution in [0.4, 0.5) is 24.8 Å². The molecule has 0 spiro atoms. The molecular formula is C12H16BrF3N4O. The lowest BCUT2D eigenvalue weighted by Crippen LogP contribution is -2.37. The van der Waals surface area contributed by atoms with Gasteiger partial charge in [-0.25, -0.2) is 4.98 Å². The van der Waals surface area contributed by atoms with Gasteiger partial charge in [0.1, 0.15) is 11.6 Å². The van der Waals surface area contributed by atoms with E-state index in [0.717, 1.165) is 6.07 Å². The molecule has 1 aromatic heterocycles. The minimum absolute atomic E-state index is 0.0968. The summed E-state index contributed by atoms with van der Waals surface area (Å²) in [5.74, 6) is 0.435. The Morgan fingerprint density at radius 3 is 2.62 bits per heavy atom. The van der Waals surface area contributed by atoms with Crippen LogP contribution in [0.2, 0.25) is 0 Å². The average Bonchev–Trinajstić information content (AvgIpc) is 2.46. The number of pyridine rings is 1. The molecule has 1 saturated heterocycles. The molecule has 2 heterocycles. The van der Waals surface area contributed by atoms with Crippen molar-refractivity contribution in [1.29, 1.82) is 0 Å². The number of morpholine rings is 1. The molecule has 0 saturated carbocycles. The molecule has 0 aromatic carbocycles. The van der Waals surface area contributed by atoms with Crippen molar-refractivity contribution in [3.05, 3.63) is 16.1 Å². The van der Waals surface area contributed by atoms with Gasteiger partial charge < -0.3 is 20.7 Å². The van der Waals surface area contributed by atoms with Gasteiger partial charge in [0.15, 0.2) is 0 Å². The van der Waals surface area contributed by atoms with E-state index in [1.54, 1.807) is 4.90 Å². The van der Waals surface area contributed by atoms with Crippen LogP contribution in [-0.4, -0.2) is 44.4 Å². The Morgan fingerprint density at radius 2 is 2.05 bits per heavy atom. The predicted octanol–water partition coefficient (Wildman–Crippen LogP) is 2.07. The van der Waals surface area contributed by atoms with E-state index in [1.807, 2.05) is 0 Å². The highest BCUT2D eigenvalue weighted by Crippen LogP contribution is 2.39. The van der Waals surface area contributed by atoms with Crippen LogP contribution in [0.25, 0.3) is 0 Å². The van der Waals surface area contributed by atoms with E-state index in [1.165, 1.54) is 0 Å². The van der Waals surface area contributed by atoms with E-state index in [-0.39, 0.29) is 16.1 Å². The monoisotopic (exact) mass is 368 g/mol. The molecule has 5 nitrogen and oxygen atoms in total. The number of nitrogens with one attached hydrogen (secondary N) is 1. The zero-order chi connectivity index (χ0) is 15.5. The number of halogens is 4. The highest BCUT2D eigenvalue weighted by Gasteiger charge is 2.35. The van der Waals surface area contributed by atoms with Crippen molar-refractivity contribution < 1.29 is 17.9 Å². The third-order valence-corrected chi connectivity index (χ3v) is 3.82. The Labute approximate surface area is 128 Å². The van der Waals surface area contributed by atoms with E-state index in [4.69, 9.17) is 10.5 Å². The van der Waals surface area contributed by atoms with Gasteiger partial charge in [-0.15, -0.1) is 0 Å². The van der Waals surface area contributed by atoms with Gasteiger partial charge in [-0.3, -0.25) is 0 Å². The van der Waals surface area contributed by atoms with Crippen molar-refractivity contribution >= 4 is 27.6 Å². The van der Waals surface area contributed by atoms with E-state index in [0.29, 0.717) is 39.4 Å². The van der Waals surface area contributed by atoms with Crippen LogP contribution in [0.5, 0.6) is 0 Å². The first-order chi connectivity index (χ1) is 9.93. The van der Waals surface area contributed by atoms with Gasteiger partial charge in [-0.1, -0.05) is 0 Å². The zero-order valence-corrected chi connectivity index (χ0v) is 12.8. The minimum atomic E-state index is -4.46. The normalized spacial score (nSPS) is 16.1. The smallest absolute Gasteiger partial charge is 0.378 e. The van der Waals surface area contributed by atoms with Gasteiger partial charge in [0.05, 0.1) is 23.2 Å².